The third-order valence-electron chi connectivity index (χ3n) is 7.78. The molecule has 3 aliphatic rings. The maximum Gasteiger partial charge on any atom is 0.407 e. The van der Waals surface area contributed by atoms with Gasteiger partial charge >= 0.3 is 12.1 Å². The van der Waals surface area contributed by atoms with E-state index in [1.165, 1.54) is 22.3 Å². The highest BCUT2D eigenvalue weighted by Crippen LogP contribution is 2.59. The van der Waals surface area contributed by atoms with E-state index < -0.39 is 12.1 Å². The summed E-state index contributed by atoms with van der Waals surface area (Å²) in [5.41, 5.74) is 4.65. The van der Waals surface area contributed by atoms with Gasteiger partial charge in [-0.1, -0.05) is 48.5 Å². The number of amides is 2. The molecule has 2 aromatic carbocycles. The van der Waals surface area contributed by atoms with Gasteiger partial charge in [0.2, 0.25) is 5.91 Å². The minimum atomic E-state index is -0.709. The van der Waals surface area contributed by atoms with Crippen molar-refractivity contribution in [1.82, 2.24) is 10.2 Å². The summed E-state index contributed by atoms with van der Waals surface area (Å²) in [4.78, 5) is 37.8. The molecule has 1 saturated heterocycles. The number of nitrogens with zero attached hydrogens (tertiary/aromatic N) is 1. The first kappa shape index (κ1) is 22.4. The molecule has 1 saturated carbocycles. The van der Waals surface area contributed by atoms with Crippen molar-refractivity contribution in [2.75, 3.05) is 26.2 Å². The molecule has 1 unspecified atom stereocenters. The van der Waals surface area contributed by atoms with Gasteiger partial charge in [0.15, 0.2) is 0 Å². The van der Waals surface area contributed by atoms with Gasteiger partial charge in [-0.15, -0.1) is 0 Å². The predicted molar refractivity (Wildman–Crippen MR) is 126 cm³/mol. The molecule has 0 radical (unpaired) electrons. The lowest BCUT2D eigenvalue weighted by Crippen LogP contribution is -2.40. The van der Waals surface area contributed by atoms with E-state index in [9.17, 15) is 19.5 Å². The molecule has 1 aliphatic heterocycles. The van der Waals surface area contributed by atoms with Crippen LogP contribution < -0.4 is 5.32 Å². The van der Waals surface area contributed by atoms with Crippen LogP contribution >= 0.6 is 0 Å². The number of hydrogen-bond acceptors (Lipinski definition) is 4. The van der Waals surface area contributed by atoms with E-state index in [2.05, 4.69) is 29.6 Å². The molecule has 0 aromatic heterocycles. The van der Waals surface area contributed by atoms with Crippen LogP contribution in [0.25, 0.3) is 11.1 Å². The molecule has 1 atom stereocenters. The lowest BCUT2D eigenvalue weighted by Gasteiger charge is -2.32. The third-order valence-corrected chi connectivity index (χ3v) is 7.78. The Morgan fingerprint density at radius 3 is 2.21 bits per heavy atom. The van der Waals surface area contributed by atoms with E-state index in [0.29, 0.717) is 32.5 Å². The van der Waals surface area contributed by atoms with Gasteiger partial charge in [0.25, 0.3) is 0 Å². The summed E-state index contributed by atoms with van der Waals surface area (Å²) < 4.78 is 5.53. The average Bonchev–Trinajstić information content (AvgIpc) is 3.46. The van der Waals surface area contributed by atoms with Gasteiger partial charge in [0.05, 0.1) is 5.92 Å². The first-order valence-electron chi connectivity index (χ1n) is 12.1. The van der Waals surface area contributed by atoms with E-state index in [-0.39, 0.29) is 29.8 Å². The number of aliphatic carboxylic acids is 1. The molecule has 2 amide bonds. The zero-order valence-electron chi connectivity index (χ0n) is 19.2. The summed E-state index contributed by atoms with van der Waals surface area (Å²) in [5, 5.41) is 12.0. The number of ether oxygens (including phenoxy) is 1. The molecular weight excluding hydrogens is 432 g/mol. The number of carbonyl (C=O) groups is 3. The van der Waals surface area contributed by atoms with Crippen LogP contribution in [0.1, 0.15) is 49.1 Å². The molecular formula is C27H30N2O5. The number of carboxylic acids is 1. The monoisotopic (exact) mass is 462 g/mol. The van der Waals surface area contributed by atoms with Crippen LogP contribution in [0.3, 0.4) is 0 Å². The van der Waals surface area contributed by atoms with Gasteiger partial charge in [0.1, 0.15) is 6.61 Å². The minimum Gasteiger partial charge on any atom is -0.481 e. The zero-order chi connectivity index (χ0) is 23.7. The standard InChI is InChI=1S/C27H30N2O5/c30-24(29-14-11-27(12-15-29)16-23(27)25(31)32)10-5-13-28-26(33)34-17-22-20-8-3-1-6-18(20)19-7-2-4-9-21(19)22/h1-4,6-9,22-23H,5,10-17H2,(H,28,33)(H,31,32). The van der Waals surface area contributed by atoms with Crippen molar-refractivity contribution in [2.45, 2.75) is 38.0 Å². The van der Waals surface area contributed by atoms with E-state index in [1.807, 2.05) is 29.2 Å². The van der Waals surface area contributed by atoms with E-state index in [1.54, 1.807) is 0 Å². The summed E-state index contributed by atoms with van der Waals surface area (Å²) in [6.07, 6.45) is 2.72. The van der Waals surface area contributed by atoms with Crippen molar-refractivity contribution in [3.05, 3.63) is 59.7 Å². The van der Waals surface area contributed by atoms with Crippen LogP contribution in [-0.4, -0.2) is 54.2 Å². The normalized spacial score (nSPS) is 19.9. The Morgan fingerprint density at radius 1 is 1.00 bits per heavy atom. The summed E-state index contributed by atoms with van der Waals surface area (Å²) in [7, 11) is 0. The van der Waals surface area contributed by atoms with Gasteiger partial charge in [-0.2, -0.15) is 0 Å². The van der Waals surface area contributed by atoms with Crippen LogP contribution in [0.2, 0.25) is 0 Å². The number of rotatable bonds is 7. The minimum absolute atomic E-state index is 0.0225. The number of nitrogens with one attached hydrogen (secondary N) is 1. The van der Waals surface area contributed by atoms with Crippen LogP contribution in [0.4, 0.5) is 4.79 Å². The first-order valence-corrected chi connectivity index (χ1v) is 12.1. The molecule has 1 spiro atoms. The summed E-state index contributed by atoms with van der Waals surface area (Å²) in [5.74, 6) is -0.851. The van der Waals surface area contributed by atoms with Crippen LogP contribution in [0, 0.1) is 11.3 Å². The molecule has 2 aromatic rings. The van der Waals surface area contributed by atoms with Crippen LogP contribution in [0.5, 0.6) is 0 Å². The summed E-state index contributed by atoms with van der Waals surface area (Å²) in [6.45, 7) is 1.90. The van der Waals surface area contributed by atoms with Crippen molar-refractivity contribution in [3.8, 4) is 11.1 Å². The molecule has 178 valence electrons. The number of fused-ring (bicyclic) bond motifs is 3. The van der Waals surface area contributed by atoms with Gasteiger partial charge in [-0.25, -0.2) is 4.79 Å². The van der Waals surface area contributed by atoms with Crippen molar-refractivity contribution >= 4 is 18.0 Å². The van der Waals surface area contributed by atoms with Crippen LogP contribution in [0.15, 0.2) is 48.5 Å². The van der Waals surface area contributed by atoms with E-state index in [4.69, 9.17) is 4.74 Å². The Morgan fingerprint density at radius 2 is 1.62 bits per heavy atom. The van der Waals surface area contributed by atoms with E-state index >= 15 is 0 Å². The Kier molecular flexibility index (Phi) is 6.02. The fourth-order valence-corrected chi connectivity index (χ4v) is 5.69. The Balaban J connectivity index is 1.03. The lowest BCUT2D eigenvalue weighted by molar-refractivity contribution is -0.139. The SMILES string of the molecule is O=C(NCCCC(=O)N1CCC2(CC1)CC2C(=O)O)OCC1c2ccccc2-c2ccccc21. The maximum atomic E-state index is 12.5. The van der Waals surface area contributed by atoms with Crippen molar-refractivity contribution in [2.24, 2.45) is 11.3 Å². The third kappa shape index (κ3) is 4.27. The fourth-order valence-electron chi connectivity index (χ4n) is 5.69. The highest BCUT2D eigenvalue weighted by molar-refractivity contribution is 5.79. The molecule has 34 heavy (non-hydrogen) atoms. The molecule has 1 heterocycles. The second-order valence-electron chi connectivity index (χ2n) is 9.69. The number of alkyl carbamates (subject to hydrolysis) is 1. The number of hydrogen-bond donors (Lipinski definition) is 2. The quantitative estimate of drug-likeness (QED) is 0.606. The van der Waals surface area contributed by atoms with Gasteiger partial charge in [0, 0.05) is 32.0 Å². The second-order valence-corrected chi connectivity index (χ2v) is 9.69. The summed E-state index contributed by atoms with van der Waals surface area (Å²) in [6, 6.07) is 16.4. The second kappa shape index (κ2) is 9.12. The number of benzene rings is 2. The molecule has 5 rings (SSSR count). The fraction of sp³-hybridized carbons (Fsp3) is 0.444. The van der Waals surface area contributed by atoms with Crippen molar-refractivity contribution in [3.63, 3.8) is 0 Å². The lowest BCUT2D eigenvalue weighted by atomic mass is 9.90. The molecule has 2 fully saturated rings. The molecule has 7 heteroatoms. The summed E-state index contributed by atoms with van der Waals surface area (Å²) >= 11 is 0. The van der Waals surface area contributed by atoms with Gasteiger partial charge < -0.3 is 20.1 Å². The maximum absolute atomic E-state index is 12.5. The predicted octanol–water partition coefficient (Wildman–Crippen LogP) is 4.02. The Hall–Kier alpha value is -3.35. The Bertz CT molecular complexity index is 1060. The zero-order valence-corrected chi connectivity index (χ0v) is 19.2. The largest absolute Gasteiger partial charge is 0.481 e. The van der Waals surface area contributed by atoms with Gasteiger partial charge in [-0.3, -0.25) is 9.59 Å². The van der Waals surface area contributed by atoms with E-state index in [0.717, 1.165) is 19.3 Å². The van der Waals surface area contributed by atoms with Crippen LogP contribution in [-0.2, 0) is 14.3 Å². The highest BCUT2D eigenvalue weighted by atomic mass is 16.5. The number of piperidine rings is 1. The number of likely N-dealkylation sites (tertiary alicyclic amines) is 1. The molecule has 2 N–H and O–H groups in total. The topological polar surface area (TPSA) is 95.9 Å². The highest BCUT2D eigenvalue weighted by Gasteiger charge is 2.59. The average molecular weight is 463 g/mol. The number of carbonyl (C=O) groups excluding carboxylic acids is 2. The number of carboxylic acid groups (broad SMARTS) is 1. The molecule has 0 bridgehead atoms. The van der Waals surface area contributed by atoms with Gasteiger partial charge in [-0.05, 0) is 53.4 Å². The molecule has 7 nitrogen and oxygen atoms in total. The first-order chi connectivity index (χ1) is 16.5. The van der Waals surface area contributed by atoms with Crippen molar-refractivity contribution < 1.29 is 24.2 Å². The molecule has 2 aliphatic carbocycles. The van der Waals surface area contributed by atoms with Crippen molar-refractivity contribution in [1.29, 1.82) is 0 Å². The smallest absolute Gasteiger partial charge is 0.407 e. The Labute approximate surface area is 199 Å².